The molecule has 53 heavy (non-hydrogen) atoms. The molecule has 0 saturated heterocycles. The second kappa shape index (κ2) is 12.9. The molecule has 2 aromatic carbocycles. The number of amides is 3. The molecular formula is C39H38FN5O8. The van der Waals surface area contributed by atoms with Crippen molar-refractivity contribution < 1.29 is 38.1 Å². The number of hydrogen-bond donors (Lipinski definition) is 3. The molecule has 3 aliphatic heterocycles. The molecule has 0 unspecified atom stereocenters. The number of benzene rings is 2. The molecule has 8 rings (SSSR count). The lowest BCUT2D eigenvalue weighted by Gasteiger charge is -2.32. The molecule has 4 aromatic rings. The zero-order valence-corrected chi connectivity index (χ0v) is 29.5. The monoisotopic (exact) mass is 723 g/mol. The fraction of sp³-hybridized carbons (Fsp3) is 0.385. The van der Waals surface area contributed by atoms with Gasteiger partial charge in [0.25, 0.3) is 5.56 Å². The van der Waals surface area contributed by atoms with E-state index >= 15 is 4.39 Å². The number of aryl methyl sites for hydroxylation is 1. The van der Waals surface area contributed by atoms with Gasteiger partial charge in [0.05, 0.1) is 35.1 Å². The normalized spacial score (nSPS) is 21.0. The van der Waals surface area contributed by atoms with Crippen LogP contribution in [-0.4, -0.2) is 58.2 Å². The van der Waals surface area contributed by atoms with Gasteiger partial charge in [-0.1, -0.05) is 32.0 Å². The van der Waals surface area contributed by atoms with E-state index in [0.717, 1.165) is 16.7 Å². The highest BCUT2D eigenvalue weighted by Crippen LogP contribution is 2.46. The number of pyridine rings is 2. The van der Waals surface area contributed by atoms with Crippen molar-refractivity contribution in [2.75, 3.05) is 24.8 Å². The van der Waals surface area contributed by atoms with Gasteiger partial charge in [-0.25, -0.2) is 14.2 Å². The minimum absolute atomic E-state index is 0.00931. The highest BCUT2D eigenvalue weighted by atomic mass is 19.1. The van der Waals surface area contributed by atoms with Crippen molar-refractivity contribution in [3.8, 4) is 11.4 Å². The van der Waals surface area contributed by atoms with Gasteiger partial charge in [-0.3, -0.25) is 19.2 Å². The first-order chi connectivity index (χ1) is 25.4. The summed E-state index contributed by atoms with van der Waals surface area (Å²) < 4.78 is 27.5. The third-order valence-electron chi connectivity index (χ3n) is 11.1. The molecule has 14 heteroatoms. The number of rotatable bonds is 8. The van der Waals surface area contributed by atoms with Crippen LogP contribution in [0.2, 0.25) is 0 Å². The molecule has 4 aliphatic rings. The Balaban J connectivity index is 1.02. The summed E-state index contributed by atoms with van der Waals surface area (Å²) in [5.41, 5.74) is 3.43. The number of fused-ring (bicyclic) bond motifs is 6. The number of cyclic esters (lactones) is 1. The molecule has 0 radical (unpaired) electrons. The molecule has 1 aliphatic carbocycles. The van der Waals surface area contributed by atoms with E-state index in [4.69, 9.17) is 14.5 Å². The van der Waals surface area contributed by atoms with Crippen LogP contribution >= 0.6 is 0 Å². The Labute approximate surface area is 303 Å². The number of esters is 1. The molecular weight excluding hydrogens is 685 g/mol. The van der Waals surface area contributed by atoms with Crippen molar-refractivity contribution >= 4 is 40.3 Å². The number of hydrogen-bond acceptors (Lipinski definition) is 9. The lowest BCUT2D eigenvalue weighted by Crippen LogP contribution is -2.46. The SMILES string of the molecule is CC[C@@]1(O)C(=O)OCc2c1cc1n(c2=O)Cc2c-1nc1cc(F)c(C)c3c1c2[C@H](NC(=O)COCNC(=O)CN1C(=O)[C@@H](C)Cc2ccccc21)CC3. The van der Waals surface area contributed by atoms with Crippen molar-refractivity contribution in [3.63, 3.8) is 0 Å². The van der Waals surface area contributed by atoms with Crippen LogP contribution in [0.25, 0.3) is 22.3 Å². The van der Waals surface area contributed by atoms with Crippen LogP contribution in [0.1, 0.15) is 71.7 Å². The van der Waals surface area contributed by atoms with E-state index in [1.807, 2.05) is 31.2 Å². The maximum absolute atomic E-state index is 15.2. The molecule has 0 fully saturated rings. The van der Waals surface area contributed by atoms with E-state index in [2.05, 4.69) is 10.6 Å². The first-order valence-electron chi connectivity index (χ1n) is 17.8. The second-order valence-electron chi connectivity index (χ2n) is 14.2. The largest absolute Gasteiger partial charge is 0.458 e. The number of carbonyl (C=O) groups excluding carboxylic acids is 4. The Bertz CT molecular complexity index is 2340. The number of halogens is 1. The molecule has 0 bridgehead atoms. The van der Waals surface area contributed by atoms with Gasteiger partial charge in [0, 0.05) is 34.2 Å². The Kier molecular flexibility index (Phi) is 8.41. The summed E-state index contributed by atoms with van der Waals surface area (Å²) in [7, 11) is 0. The van der Waals surface area contributed by atoms with Gasteiger partial charge in [0.1, 0.15) is 32.3 Å². The fourth-order valence-electron chi connectivity index (χ4n) is 8.32. The maximum Gasteiger partial charge on any atom is 0.343 e. The molecule has 0 saturated carbocycles. The van der Waals surface area contributed by atoms with Crippen molar-refractivity contribution in [2.45, 2.75) is 71.2 Å². The summed E-state index contributed by atoms with van der Waals surface area (Å²) in [6, 6.07) is 9.88. The summed E-state index contributed by atoms with van der Waals surface area (Å²) in [6.45, 7) is 4.19. The first kappa shape index (κ1) is 34.6. The number of nitrogens with one attached hydrogen (secondary N) is 2. The van der Waals surface area contributed by atoms with Gasteiger partial charge in [-0.2, -0.15) is 0 Å². The van der Waals surface area contributed by atoms with Crippen molar-refractivity contribution in [2.24, 2.45) is 5.92 Å². The number of nitrogens with zero attached hydrogens (tertiary/aromatic N) is 3. The van der Waals surface area contributed by atoms with Gasteiger partial charge in [-0.15, -0.1) is 0 Å². The second-order valence-corrected chi connectivity index (χ2v) is 14.2. The van der Waals surface area contributed by atoms with Crippen molar-refractivity contribution in [3.05, 3.63) is 91.5 Å². The van der Waals surface area contributed by atoms with Gasteiger partial charge in [-0.05, 0) is 67.0 Å². The minimum atomic E-state index is -2.00. The van der Waals surface area contributed by atoms with Gasteiger partial charge in [0.15, 0.2) is 5.60 Å². The van der Waals surface area contributed by atoms with Crippen LogP contribution in [0, 0.1) is 18.7 Å². The zero-order valence-electron chi connectivity index (χ0n) is 29.5. The highest BCUT2D eigenvalue weighted by molar-refractivity contribution is 6.02. The molecule has 274 valence electrons. The molecule has 3 atom stereocenters. The summed E-state index contributed by atoms with van der Waals surface area (Å²) in [6.07, 6.45) is 1.51. The molecule has 2 aromatic heterocycles. The Morgan fingerprint density at radius 1 is 1.13 bits per heavy atom. The Morgan fingerprint density at radius 2 is 1.92 bits per heavy atom. The molecule has 5 heterocycles. The smallest absolute Gasteiger partial charge is 0.343 e. The van der Waals surface area contributed by atoms with Crippen LogP contribution in [0.5, 0.6) is 0 Å². The molecule has 3 amide bonds. The van der Waals surface area contributed by atoms with Crippen molar-refractivity contribution in [1.29, 1.82) is 0 Å². The van der Waals surface area contributed by atoms with Crippen LogP contribution in [0.4, 0.5) is 10.1 Å². The van der Waals surface area contributed by atoms with Crippen LogP contribution < -0.4 is 21.1 Å². The van der Waals surface area contributed by atoms with E-state index in [9.17, 15) is 29.1 Å². The quantitative estimate of drug-likeness (QED) is 0.124. The average molecular weight is 724 g/mol. The fourth-order valence-corrected chi connectivity index (χ4v) is 8.32. The minimum Gasteiger partial charge on any atom is -0.458 e. The summed E-state index contributed by atoms with van der Waals surface area (Å²) in [5, 5.41) is 17.7. The number of carbonyl (C=O) groups is 4. The standard InChI is InChI=1S/C39H38FN5O8/c1-4-39(51)25-12-30-35-23(14-44(30)37(49)24(25)16-53-38(39)50)34-27(10-9-22-20(3)26(40)13-28(43-35)33(22)34)42-32(47)17-52-18-41-31(46)15-45-29-8-6-5-7-21(29)11-19(2)36(45)48/h5-8,12-13,19,27,51H,4,9-11,14-18H2,1-3H3,(H,41,46)(H,42,47)/t19-,27+,39-/m0/s1. The summed E-state index contributed by atoms with van der Waals surface area (Å²) in [4.78, 5) is 71.8. The third-order valence-corrected chi connectivity index (χ3v) is 11.1. The number of para-hydroxylation sites is 1. The zero-order chi connectivity index (χ0) is 37.3. The van der Waals surface area contributed by atoms with E-state index < -0.39 is 40.8 Å². The molecule has 3 N–H and O–H groups in total. The maximum atomic E-state index is 15.2. The summed E-state index contributed by atoms with van der Waals surface area (Å²) in [5.74, 6) is -2.53. The Morgan fingerprint density at radius 3 is 2.72 bits per heavy atom. The van der Waals surface area contributed by atoms with Crippen molar-refractivity contribution in [1.82, 2.24) is 20.2 Å². The molecule has 13 nitrogen and oxygen atoms in total. The highest BCUT2D eigenvalue weighted by Gasteiger charge is 2.46. The van der Waals surface area contributed by atoms with Gasteiger partial charge >= 0.3 is 5.97 Å². The Hall–Kier alpha value is -5.47. The first-order valence-corrected chi connectivity index (χ1v) is 17.8. The van der Waals surface area contributed by atoms with Crippen LogP contribution in [0.15, 0.2) is 41.2 Å². The van der Waals surface area contributed by atoms with E-state index in [0.29, 0.717) is 58.4 Å². The van der Waals surface area contributed by atoms with E-state index in [1.165, 1.54) is 15.5 Å². The van der Waals surface area contributed by atoms with Crippen LogP contribution in [0.3, 0.4) is 0 Å². The van der Waals surface area contributed by atoms with Gasteiger partial charge in [0.2, 0.25) is 17.7 Å². The van der Waals surface area contributed by atoms with Crippen LogP contribution in [-0.2, 0) is 60.2 Å². The average Bonchev–Trinajstić information content (AvgIpc) is 3.51. The van der Waals surface area contributed by atoms with E-state index in [1.54, 1.807) is 19.9 Å². The summed E-state index contributed by atoms with van der Waals surface area (Å²) >= 11 is 0. The predicted octanol–water partition coefficient (Wildman–Crippen LogP) is 2.95. The lowest BCUT2D eigenvalue weighted by atomic mass is 9.81. The molecule has 0 spiro atoms. The third kappa shape index (κ3) is 5.50. The predicted molar refractivity (Wildman–Crippen MR) is 189 cm³/mol. The number of aliphatic hydroxyl groups is 1. The number of anilines is 1. The lowest BCUT2D eigenvalue weighted by molar-refractivity contribution is -0.172. The van der Waals surface area contributed by atoms with E-state index in [-0.39, 0.29) is 62.4 Å². The number of aromatic nitrogens is 2. The van der Waals surface area contributed by atoms with Gasteiger partial charge < -0.3 is 34.7 Å². The topological polar surface area (TPSA) is 169 Å². The number of ether oxygens (including phenoxy) is 2.